The number of rotatable bonds is 5. The standard InChI is InChI=1S/C22H23N3O3/c1-14-7-5-11-17(15(14)2)24-21-20(22(26)28-13-16-8-6-12-27-16)23-18-9-3-4-10-19(18)25-21/h3-5,7,9-11,16H,6,8,12-13H2,1-2H3,(H,24,25)/t16-/m0/s1. The van der Waals surface area contributed by atoms with E-state index in [2.05, 4.69) is 15.3 Å². The lowest BCUT2D eigenvalue weighted by molar-refractivity contribution is 0.0157. The lowest BCUT2D eigenvalue weighted by atomic mass is 10.1. The molecule has 4 rings (SSSR count). The number of nitrogens with zero attached hydrogens (tertiary/aromatic N) is 2. The fraction of sp³-hybridized carbons (Fsp3) is 0.318. The van der Waals surface area contributed by atoms with Crippen molar-refractivity contribution in [2.45, 2.75) is 32.8 Å². The van der Waals surface area contributed by atoms with Gasteiger partial charge in [0.05, 0.1) is 17.1 Å². The molecule has 2 aromatic carbocycles. The highest BCUT2D eigenvalue weighted by Gasteiger charge is 2.22. The Bertz CT molecular complexity index is 1010. The van der Waals surface area contributed by atoms with E-state index in [1.165, 1.54) is 0 Å². The van der Waals surface area contributed by atoms with Crippen LogP contribution < -0.4 is 5.32 Å². The van der Waals surface area contributed by atoms with Crippen molar-refractivity contribution in [2.75, 3.05) is 18.5 Å². The normalized spacial score (nSPS) is 16.3. The summed E-state index contributed by atoms with van der Waals surface area (Å²) in [5.74, 6) is -0.105. The van der Waals surface area contributed by atoms with Gasteiger partial charge in [-0.1, -0.05) is 24.3 Å². The molecule has 1 fully saturated rings. The van der Waals surface area contributed by atoms with Crippen molar-refractivity contribution in [3.63, 3.8) is 0 Å². The summed E-state index contributed by atoms with van der Waals surface area (Å²) in [4.78, 5) is 22.0. The monoisotopic (exact) mass is 377 g/mol. The van der Waals surface area contributed by atoms with Gasteiger partial charge in [-0.05, 0) is 56.0 Å². The smallest absolute Gasteiger partial charge is 0.360 e. The summed E-state index contributed by atoms with van der Waals surface area (Å²) in [6, 6.07) is 13.4. The van der Waals surface area contributed by atoms with Crippen molar-refractivity contribution < 1.29 is 14.3 Å². The molecule has 144 valence electrons. The minimum atomic E-state index is -0.499. The molecule has 1 atom stereocenters. The molecule has 1 N–H and O–H groups in total. The maximum atomic E-state index is 12.8. The minimum absolute atomic E-state index is 0.0345. The zero-order chi connectivity index (χ0) is 19.5. The second-order valence-electron chi connectivity index (χ2n) is 7.02. The number of carbonyl (C=O) groups is 1. The molecule has 6 nitrogen and oxygen atoms in total. The summed E-state index contributed by atoms with van der Waals surface area (Å²) in [5, 5.41) is 3.28. The first-order chi connectivity index (χ1) is 13.6. The van der Waals surface area contributed by atoms with Gasteiger partial charge in [0.1, 0.15) is 6.61 Å². The molecule has 0 saturated carbocycles. The molecule has 0 unspecified atom stereocenters. The number of para-hydroxylation sites is 2. The summed E-state index contributed by atoms with van der Waals surface area (Å²) in [6.45, 7) is 5.03. The quantitative estimate of drug-likeness (QED) is 0.667. The lowest BCUT2D eigenvalue weighted by Gasteiger charge is -2.15. The Kier molecular flexibility index (Phi) is 5.21. The molecule has 1 aromatic heterocycles. The predicted octanol–water partition coefficient (Wildman–Crippen LogP) is 4.33. The number of aryl methyl sites for hydroxylation is 1. The number of aromatic nitrogens is 2. The maximum absolute atomic E-state index is 12.8. The predicted molar refractivity (Wildman–Crippen MR) is 108 cm³/mol. The molecule has 0 radical (unpaired) electrons. The first-order valence-electron chi connectivity index (χ1n) is 9.50. The second-order valence-corrected chi connectivity index (χ2v) is 7.02. The van der Waals surface area contributed by atoms with Crippen LogP contribution in [0.2, 0.25) is 0 Å². The van der Waals surface area contributed by atoms with Crippen LogP contribution in [0.3, 0.4) is 0 Å². The summed E-state index contributed by atoms with van der Waals surface area (Å²) >= 11 is 0. The average Bonchev–Trinajstić information content (AvgIpc) is 3.23. The molecule has 28 heavy (non-hydrogen) atoms. The summed E-state index contributed by atoms with van der Waals surface area (Å²) in [5.41, 5.74) is 4.68. The first-order valence-corrected chi connectivity index (χ1v) is 9.50. The van der Waals surface area contributed by atoms with E-state index < -0.39 is 5.97 Å². The van der Waals surface area contributed by atoms with Crippen molar-refractivity contribution in [3.8, 4) is 0 Å². The number of esters is 1. The number of fused-ring (bicyclic) bond motifs is 1. The van der Waals surface area contributed by atoms with E-state index in [0.29, 0.717) is 16.9 Å². The third-order valence-corrected chi connectivity index (χ3v) is 5.05. The Balaban J connectivity index is 1.67. The fourth-order valence-electron chi connectivity index (χ4n) is 3.26. The molecule has 0 spiro atoms. The third-order valence-electron chi connectivity index (χ3n) is 5.05. The van der Waals surface area contributed by atoms with E-state index in [1.54, 1.807) is 0 Å². The van der Waals surface area contributed by atoms with Gasteiger partial charge in [-0.3, -0.25) is 0 Å². The SMILES string of the molecule is Cc1cccc(Nc2nc3ccccc3nc2C(=O)OC[C@@H]2CCCO2)c1C. The topological polar surface area (TPSA) is 73.3 Å². The van der Waals surface area contributed by atoms with Crippen LogP contribution in [0.4, 0.5) is 11.5 Å². The average molecular weight is 377 g/mol. The number of benzene rings is 2. The number of carbonyl (C=O) groups excluding carboxylic acids is 1. The van der Waals surface area contributed by atoms with Gasteiger partial charge in [0.25, 0.3) is 0 Å². The Hall–Kier alpha value is -2.99. The number of ether oxygens (including phenoxy) is 2. The van der Waals surface area contributed by atoms with Crippen LogP contribution in [0.15, 0.2) is 42.5 Å². The molecule has 1 saturated heterocycles. The Morgan fingerprint density at radius 3 is 2.68 bits per heavy atom. The third kappa shape index (κ3) is 3.82. The van der Waals surface area contributed by atoms with E-state index in [0.717, 1.165) is 36.3 Å². The van der Waals surface area contributed by atoms with Crippen LogP contribution in [0, 0.1) is 13.8 Å². The number of nitrogens with one attached hydrogen (secondary N) is 1. The van der Waals surface area contributed by atoms with Gasteiger partial charge in [-0.15, -0.1) is 0 Å². The Morgan fingerprint density at radius 2 is 1.93 bits per heavy atom. The summed E-state index contributed by atoms with van der Waals surface area (Å²) in [7, 11) is 0. The van der Waals surface area contributed by atoms with Gasteiger partial charge < -0.3 is 14.8 Å². The van der Waals surface area contributed by atoms with Crippen LogP contribution in [0.1, 0.15) is 34.5 Å². The maximum Gasteiger partial charge on any atom is 0.360 e. The van der Waals surface area contributed by atoms with Crippen LogP contribution >= 0.6 is 0 Å². The molecule has 2 heterocycles. The van der Waals surface area contributed by atoms with Gasteiger partial charge in [0.2, 0.25) is 0 Å². The number of hydrogen-bond acceptors (Lipinski definition) is 6. The van der Waals surface area contributed by atoms with Crippen molar-refractivity contribution in [1.29, 1.82) is 0 Å². The van der Waals surface area contributed by atoms with Crippen molar-refractivity contribution in [3.05, 3.63) is 59.3 Å². The minimum Gasteiger partial charge on any atom is -0.458 e. The molecular formula is C22H23N3O3. The molecule has 0 aliphatic carbocycles. The van der Waals surface area contributed by atoms with Gasteiger partial charge in [0.15, 0.2) is 11.5 Å². The fourth-order valence-corrected chi connectivity index (χ4v) is 3.26. The van der Waals surface area contributed by atoms with Gasteiger partial charge >= 0.3 is 5.97 Å². The van der Waals surface area contributed by atoms with Gasteiger partial charge in [-0.2, -0.15) is 0 Å². The number of anilines is 2. The van der Waals surface area contributed by atoms with E-state index >= 15 is 0 Å². The van der Waals surface area contributed by atoms with E-state index in [-0.39, 0.29) is 18.4 Å². The first kappa shape index (κ1) is 18.4. The zero-order valence-corrected chi connectivity index (χ0v) is 16.1. The molecule has 0 amide bonds. The highest BCUT2D eigenvalue weighted by Crippen LogP contribution is 2.25. The Morgan fingerprint density at radius 1 is 1.14 bits per heavy atom. The van der Waals surface area contributed by atoms with Crippen LogP contribution in [-0.4, -0.2) is 35.3 Å². The lowest BCUT2D eigenvalue weighted by Crippen LogP contribution is -2.20. The molecular weight excluding hydrogens is 354 g/mol. The molecule has 1 aliphatic rings. The van der Waals surface area contributed by atoms with Gasteiger partial charge in [0, 0.05) is 12.3 Å². The van der Waals surface area contributed by atoms with Gasteiger partial charge in [-0.25, -0.2) is 14.8 Å². The summed E-state index contributed by atoms with van der Waals surface area (Å²) in [6.07, 6.45) is 1.87. The van der Waals surface area contributed by atoms with Crippen LogP contribution in [0.5, 0.6) is 0 Å². The second kappa shape index (κ2) is 7.94. The van der Waals surface area contributed by atoms with Crippen LogP contribution in [0.25, 0.3) is 11.0 Å². The largest absolute Gasteiger partial charge is 0.458 e. The van der Waals surface area contributed by atoms with Crippen LogP contribution in [-0.2, 0) is 9.47 Å². The highest BCUT2D eigenvalue weighted by molar-refractivity contribution is 5.96. The van der Waals surface area contributed by atoms with Crippen molar-refractivity contribution in [1.82, 2.24) is 9.97 Å². The highest BCUT2D eigenvalue weighted by atomic mass is 16.6. The van der Waals surface area contributed by atoms with Crippen molar-refractivity contribution >= 4 is 28.5 Å². The molecule has 6 heteroatoms. The molecule has 0 bridgehead atoms. The molecule has 3 aromatic rings. The Labute approximate surface area is 163 Å². The van der Waals surface area contributed by atoms with Crippen molar-refractivity contribution in [2.24, 2.45) is 0 Å². The van der Waals surface area contributed by atoms with E-state index in [1.807, 2.05) is 56.3 Å². The molecule has 1 aliphatic heterocycles. The zero-order valence-electron chi connectivity index (χ0n) is 16.1. The summed E-state index contributed by atoms with van der Waals surface area (Å²) < 4.78 is 11.0. The number of hydrogen-bond donors (Lipinski definition) is 1. The van der Waals surface area contributed by atoms with E-state index in [4.69, 9.17) is 9.47 Å². The van der Waals surface area contributed by atoms with E-state index in [9.17, 15) is 4.79 Å².